The summed E-state index contributed by atoms with van der Waals surface area (Å²) < 4.78 is 0. The second-order valence-corrected chi connectivity index (χ2v) is 4.70. The fraction of sp³-hybridized carbons (Fsp3) is 0.533. The molecule has 0 unspecified atom stereocenters. The van der Waals surface area contributed by atoms with Crippen LogP contribution < -0.4 is 5.32 Å². The van der Waals surface area contributed by atoms with E-state index in [1.807, 2.05) is 0 Å². The summed E-state index contributed by atoms with van der Waals surface area (Å²) in [4.78, 5) is 0. The summed E-state index contributed by atoms with van der Waals surface area (Å²) in [6.45, 7) is 4.70. The third-order valence-corrected chi connectivity index (χ3v) is 3.64. The average molecular weight is 216 g/mol. The van der Waals surface area contributed by atoms with Gasteiger partial charge < -0.3 is 5.32 Å². The Hall–Kier alpha value is -0.820. The predicted molar refractivity (Wildman–Crippen MR) is 69.3 cm³/mol. The highest BCUT2D eigenvalue weighted by Gasteiger charge is 2.22. The second-order valence-electron chi connectivity index (χ2n) is 4.70. The number of hydrogen-bond donors (Lipinski definition) is 1. The van der Waals surface area contributed by atoms with E-state index in [0.717, 1.165) is 5.92 Å². The zero-order chi connectivity index (χ0) is 11.2. The molecular weight excluding hydrogens is 194 g/mol. The van der Waals surface area contributed by atoms with E-state index in [2.05, 4.69) is 42.6 Å². The summed E-state index contributed by atoms with van der Waals surface area (Å²) in [7, 11) is 0. The average Bonchev–Trinajstić information content (AvgIpc) is 2.38. The Bertz CT molecular complexity index is 288. The quantitative estimate of drug-likeness (QED) is 0.815. The number of piperidine rings is 1. The van der Waals surface area contributed by atoms with E-state index in [1.54, 1.807) is 5.92 Å². The Morgan fingerprint density at radius 2 is 1.88 bits per heavy atom. The van der Waals surface area contributed by atoms with E-state index < -0.39 is 0 Å². The maximum atomic E-state index is 3.44. The molecule has 0 saturated carbocycles. The van der Waals surface area contributed by atoms with E-state index in [4.69, 9.17) is 0 Å². The Kier molecular flexibility index (Phi) is 4.41. The highest BCUT2D eigenvalue weighted by molar-refractivity contribution is 5.20. The Morgan fingerprint density at radius 3 is 2.50 bits per heavy atom. The highest BCUT2D eigenvalue weighted by atomic mass is 14.9. The predicted octanol–water partition coefficient (Wildman–Crippen LogP) is 3.21. The van der Waals surface area contributed by atoms with Crippen LogP contribution in [0.25, 0.3) is 0 Å². The molecule has 0 atom stereocenters. The van der Waals surface area contributed by atoms with Gasteiger partial charge in [0.05, 0.1) is 0 Å². The molecule has 1 aromatic carbocycles. The van der Waals surface area contributed by atoms with Crippen LogP contribution in [-0.2, 0) is 6.42 Å². The summed E-state index contributed by atoms with van der Waals surface area (Å²) >= 11 is 0. The van der Waals surface area contributed by atoms with Crippen molar-refractivity contribution in [1.82, 2.24) is 5.32 Å². The molecule has 87 valence electrons. The minimum atomic E-state index is 0.853. The van der Waals surface area contributed by atoms with Gasteiger partial charge in [-0.2, -0.15) is 0 Å². The highest BCUT2D eigenvalue weighted by Crippen LogP contribution is 2.29. The summed E-state index contributed by atoms with van der Waals surface area (Å²) in [6.07, 6.45) is 5.08. The molecular formula is C15H22N. The largest absolute Gasteiger partial charge is 0.317 e. The summed E-state index contributed by atoms with van der Waals surface area (Å²) in [5, 5.41) is 3.44. The van der Waals surface area contributed by atoms with E-state index in [0.29, 0.717) is 0 Å². The summed E-state index contributed by atoms with van der Waals surface area (Å²) in [5.41, 5.74) is 1.47. The number of rotatable bonds is 4. The zero-order valence-electron chi connectivity index (χ0n) is 10.2. The Morgan fingerprint density at radius 1 is 1.19 bits per heavy atom. The second kappa shape index (κ2) is 6.05. The fourth-order valence-corrected chi connectivity index (χ4v) is 2.65. The molecule has 1 fully saturated rings. The Labute approximate surface area is 99.3 Å². The molecule has 1 heteroatoms. The molecule has 0 bridgehead atoms. The third-order valence-electron chi connectivity index (χ3n) is 3.64. The zero-order valence-corrected chi connectivity index (χ0v) is 10.2. The van der Waals surface area contributed by atoms with Crippen molar-refractivity contribution in [2.24, 2.45) is 5.92 Å². The third kappa shape index (κ3) is 3.08. The van der Waals surface area contributed by atoms with Gasteiger partial charge in [-0.05, 0) is 56.2 Å². The van der Waals surface area contributed by atoms with Crippen molar-refractivity contribution in [2.75, 3.05) is 13.1 Å². The van der Waals surface area contributed by atoms with Crippen LogP contribution in [0.15, 0.2) is 30.3 Å². The molecule has 1 aliphatic heterocycles. The van der Waals surface area contributed by atoms with Crippen molar-refractivity contribution in [3.8, 4) is 0 Å². The van der Waals surface area contributed by atoms with Crippen LogP contribution in [0, 0.1) is 11.8 Å². The molecule has 1 radical (unpaired) electrons. The van der Waals surface area contributed by atoms with Crippen LogP contribution >= 0.6 is 0 Å². The molecule has 1 saturated heterocycles. The van der Waals surface area contributed by atoms with Crippen molar-refractivity contribution >= 4 is 0 Å². The van der Waals surface area contributed by atoms with Gasteiger partial charge in [0.2, 0.25) is 0 Å². The Balaban J connectivity index is 1.94. The minimum absolute atomic E-state index is 0.853. The first-order valence-corrected chi connectivity index (χ1v) is 6.49. The molecule has 1 aromatic rings. The first kappa shape index (κ1) is 11.7. The van der Waals surface area contributed by atoms with Gasteiger partial charge in [-0.15, -0.1) is 0 Å². The van der Waals surface area contributed by atoms with Crippen LogP contribution in [0.3, 0.4) is 0 Å². The molecule has 1 N–H and O–H groups in total. The van der Waals surface area contributed by atoms with Gasteiger partial charge in [0.1, 0.15) is 0 Å². The fourth-order valence-electron chi connectivity index (χ4n) is 2.65. The lowest BCUT2D eigenvalue weighted by Crippen LogP contribution is -2.31. The lowest BCUT2D eigenvalue weighted by Gasteiger charge is -2.29. The van der Waals surface area contributed by atoms with Crippen LogP contribution in [0.2, 0.25) is 0 Å². The lowest BCUT2D eigenvalue weighted by atomic mass is 9.80. The monoisotopic (exact) mass is 216 g/mol. The number of nitrogens with one attached hydrogen (secondary N) is 1. The molecule has 1 heterocycles. The van der Waals surface area contributed by atoms with Crippen molar-refractivity contribution in [1.29, 1.82) is 0 Å². The van der Waals surface area contributed by atoms with E-state index >= 15 is 0 Å². The summed E-state index contributed by atoms with van der Waals surface area (Å²) in [5.74, 6) is 2.60. The van der Waals surface area contributed by atoms with Gasteiger partial charge in [0.25, 0.3) is 0 Å². The van der Waals surface area contributed by atoms with Gasteiger partial charge in [-0.25, -0.2) is 0 Å². The van der Waals surface area contributed by atoms with Gasteiger partial charge in [-0.3, -0.25) is 0 Å². The van der Waals surface area contributed by atoms with Crippen LogP contribution in [0.5, 0.6) is 0 Å². The molecule has 1 aliphatic rings. The molecule has 0 aliphatic carbocycles. The van der Waals surface area contributed by atoms with Crippen LogP contribution in [0.4, 0.5) is 0 Å². The first-order valence-electron chi connectivity index (χ1n) is 6.49. The molecule has 1 nitrogen and oxygen atoms in total. The maximum absolute atomic E-state index is 3.44. The van der Waals surface area contributed by atoms with E-state index in [1.165, 1.54) is 44.3 Å². The lowest BCUT2D eigenvalue weighted by molar-refractivity contribution is 0.369. The number of hydrogen-bond acceptors (Lipinski definition) is 1. The number of benzene rings is 1. The molecule has 2 rings (SSSR count). The van der Waals surface area contributed by atoms with Gasteiger partial charge in [-0.1, -0.05) is 37.3 Å². The van der Waals surface area contributed by atoms with E-state index in [-0.39, 0.29) is 0 Å². The topological polar surface area (TPSA) is 12.0 Å². The molecule has 0 amide bonds. The standard InChI is InChI=1S/C15H22N/c1-2-14(15-8-10-16-11-9-15)12-13-6-4-3-5-7-13/h3-7,15-16H,2,8-12H2,1H3. The maximum Gasteiger partial charge on any atom is -0.00461 e. The smallest absolute Gasteiger partial charge is 0.00461 e. The van der Waals surface area contributed by atoms with Gasteiger partial charge in [0, 0.05) is 0 Å². The molecule has 0 aromatic heterocycles. The molecule has 16 heavy (non-hydrogen) atoms. The van der Waals surface area contributed by atoms with Crippen molar-refractivity contribution in [2.45, 2.75) is 32.6 Å². The summed E-state index contributed by atoms with van der Waals surface area (Å²) in [6, 6.07) is 10.9. The van der Waals surface area contributed by atoms with Crippen molar-refractivity contribution in [3.63, 3.8) is 0 Å². The SMILES string of the molecule is CC[C](Cc1ccccc1)C1CCNCC1. The normalized spacial score (nSPS) is 17.9. The van der Waals surface area contributed by atoms with E-state index in [9.17, 15) is 0 Å². The van der Waals surface area contributed by atoms with Gasteiger partial charge in [0.15, 0.2) is 0 Å². The van der Waals surface area contributed by atoms with Crippen LogP contribution in [0.1, 0.15) is 31.7 Å². The first-order chi connectivity index (χ1) is 7.90. The van der Waals surface area contributed by atoms with Crippen molar-refractivity contribution < 1.29 is 0 Å². The molecule has 0 spiro atoms. The van der Waals surface area contributed by atoms with Crippen molar-refractivity contribution in [3.05, 3.63) is 41.8 Å². The van der Waals surface area contributed by atoms with Crippen LogP contribution in [-0.4, -0.2) is 13.1 Å². The minimum Gasteiger partial charge on any atom is -0.317 e. The van der Waals surface area contributed by atoms with Gasteiger partial charge >= 0.3 is 0 Å².